The molecule has 12 nitrogen and oxygen atoms in total. The normalized spacial score (nSPS) is 15.7. The predicted octanol–water partition coefficient (Wildman–Crippen LogP) is 3.12. The number of benzene rings is 1. The summed E-state index contributed by atoms with van der Waals surface area (Å²) < 4.78 is 5.78. The number of likely N-dealkylation sites (tertiary alicyclic amines) is 1. The third kappa shape index (κ3) is 4.24. The number of nitrogens with zero attached hydrogens (tertiary/aromatic N) is 8. The van der Waals surface area contributed by atoms with Crippen molar-refractivity contribution in [3.63, 3.8) is 0 Å². The molecule has 4 heterocycles. The van der Waals surface area contributed by atoms with Gasteiger partial charge in [-0.3, -0.25) is 9.59 Å². The Balaban J connectivity index is 1.53. The van der Waals surface area contributed by atoms with E-state index in [-0.39, 0.29) is 23.7 Å². The Hall–Kier alpha value is -4.52. The lowest BCUT2D eigenvalue weighted by Crippen LogP contribution is -2.27. The third-order valence-electron chi connectivity index (χ3n) is 5.71. The second-order valence-corrected chi connectivity index (χ2v) is 8.58. The fourth-order valence-corrected chi connectivity index (χ4v) is 4.55. The van der Waals surface area contributed by atoms with Gasteiger partial charge in [0.15, 0.2) is 11.5 Å². The number of nitrogens with two attached hydrogens (primary N) is 1. The second-order valence-electron chi connectivity index (χ2n) is 7.74. The summed E-state index contributed by atoms with van der Waals surface area (Å²) in [4.78, 5) is 35.0. The summed E-state index contributed by atoms with van der Waals surface area (Å²) >= 11 is 1.20. The minimum absolute atomic E-state index is 0.0860. The molecule has 35 heavy (non-hydrogen) atoms. The molecule has 1 aromatic carbocycles. The van der Waals surface area contributed by atoms with Gasteiger partial charge < -0.3 is 16.1 Å². The third-order valence-corrected chi connectivity index (χ3v) is 6.37. The van der Waals surface area contributed by atoms with Crippen LogP contribution in [0.1, 0.15) is 22.8 Å². The van der Waals surface area contributed by atoms with Gasteiger partial charge in [0, 0.05) is 30.4 Å². The van der Waals surface area contributed by atoms with Crippen molar-refractivity contribution in [2.75, 3.05) is 18.4 Å². The quantitative estimate of drug-likeness (QED) is 0.183. The highest BCUT2D eigenvalue weighted by Gasteiger charge is 2.30. The fraction of sp³-hybridized carbons (Fsp3) is 0.182. The van der Waals surface area contributed by atoms with Crippen molar-refractivity contribution >= 4 is 45.2 Å². The van der Waals surface area contributed by atoms with Crippen molar-refractivity contribution in [3.05, 3.63) is 61.1 Å². The highest BCUT2D eigenvalue weighted by Crippen LogP contribution is 2.36. The zero-order valence-corrected chi connectivity index (χ0v) is 19.2. The smallest absolute Gasteiger partial charge is 0.256 e. The molecule has 0 saturated carbocycles. The Morgan fingerprint density at radius 2 is 2.06 bits per heavy atom. The maximum absolute atomic E-state index is 12.5. The molecule has 4 aromatic rings. The van der Waals surface area contributed by atoms with E-state index in [0.717, 1.165) is 5.56 Å². The number of nitrogens with one attached hydrogen (secondary N) is 1. The number of rotatable bonds is 6. The van der Waals surface area contributed by atoms with Gasteiger partial charge in [-0.25, -0.2) is 14.6 Å². The molecule has 1 unspecified atom stereocenters. The van der Waals surface area contributed by atoms with Crippen LogP contribution in [-0.2, 0) is 4.79 Å². The Morgan fingerprint density at radius 1 is 1.23 bits per heavy atom. The summed E-state index contributed by atoms with van der Waals surface area (Å²) in [5, 5.41) is 16.2. The molecule has 1 fully saturated rings. The highest BCUT2D eigenvalue weighted by molar-refractivity contribution is 7.10. The number of hydrogen-bond donors (Lipinski definition) is 2. The minimum atomic E-state index is -0.241. The standard InChI is InChI=1S/C22H20N10O2S/c1-2-17(33)31-10-8-15(11-31)32-21-18(20(28-30-23)24-12-25-21)19(29-32)13-3-5-14(6-4-13)22(34)27-16-7-9-26-35-16/h2-7,9,12,15H,1,8,10-11H2,(H,27,34)(H2,23,24,25,28). The van der Waals surface area contributed by atoms with E-state index in [1.807, 2.05) is 0 Å². The summed E-state index contributed by atoms with van der Waals surface area (Å²) in [6, 6.07) is 8.67. The van der Waals surface area contributed by atoms with Crippen molar-refractivity contribution in [1.82, 2.24) is 29.0 Å². The molecule has 0 radical (unpaired) electrons. The van der Waals surface area contributed by atoms with Crippen molar-refractivity contribution in [2.24, 2.45) is 16.2 Å². The molecule has 13 heteroatoms. The molecular formula is C22H20N10O2S. The number of carbonyl (C=O) groups excluding carboxylic acids is 2. The van der Waals surface area contributed by atoms with Crippen molar-refractivity contribution in [1.29, 1.82) is 0 Å². The first kappa shape index (κ1) is 22.3. The second kappa shape index (κ2) is 9.38. The highest BCUT2D eigenvalue weighted by atomic mass is 32.1. The van der Waals surface area contributed by atoms with Gasteiger partial charge in [-0.05, 0) is 42.2 Å². The Bertz CT molecular complexity index is 1430. The van der Waals surface area contributed by atoms with Gasteiger partial charge >= 0.3 is 0 Å². The monoisotopic (exact) mass is 488 g/mol. The average Bonchev–Trinajstić information content (AvgIpc) is 3.64. The Kier molecular flexibility index (Phi) is 5.97. The summed E-state index contributed by atoms with van der Waals surface area (Å²) in [5.74, 6) is 5.23. The first-order chi connectivity index (χ1) is 17.1. The number of amides is 2. The predicted molar refractivity (Wildman–Crippen MR) is 130 cm³/mol. The molecule has 0 spiro atoms. The van der Waals surface area contributed by atoms with E-state index in [1.54, 1.807) is 46.1 Å². The summed E-state index contributed by atoms with van der Waals surface area (Å²) in [6.45, 7) is 4.64. The van der Waals surface area contributed by atoms with E-state index in [9.17, 15) is 9.59 Å². The van der Waals surface area contributed by atoms with E-state index < -0.39 is 0 Å². The topological polar surface area (TPSA) is 157 Å². The van der Waals surface area contributed by atoms with Gasteiger partial charge in [-0.15, -0.1) is 5.11 Å². The Labute approximate surface area is 203 Å². The maximum atomic E-state index is 12.5. The van der Waals surface area contributed by atoms with Gasteiger partial charge in [0.1, 0.15) is 17.0 Å². The lowest BCUT2D eigenvalue weighted by Gasteiger charge is -2.14. The van der Waals surface area contributed by atoms with Crippen LogP contribution in [0.25, 0.3) is 22.3 Å². The van der Waals surface area contributed by atoms with Crippen LogP contribution in [0.4, 0.5) is 10.8 Å². The Morgan fingerprint density at radius 3 is 2.77 bits per heavy atom. The zero-order valence-electron chi connectivity index (χ0n) is 18.4. The largest absolute Gasteiger partial charge is 0.337 e. The lowest BCUT2D eigenvalue weighted by molar-refractivity contribution is -0.125. The SMILES string of the molecule is C=CC(=O)N1CCC(n2nc(-c3ccc(C(=O)Nc4ccns4)cc3)c3c(N=NN)ncnc32)C1. The summed E-state index contributed by atoms with van der Waals surface area (Å²) in [6.07, 6.45) is 5.02. The van der Waals surface area contributed by atoms with Gasteiger partial charge in [0.25, 0.3) is 5.91 Å². The van der Waals surface area contributed by atoms with E-state index >= 15 is 0 Å². The minimum Gasteiger partial charge on any atom is -0.337 e. The van der Waals surface area contributed by atoms with E-state index in [4.69, 9.17) is 10.9 Å². The number of hydrogen-bond acceptors (Lipinski definition) is 9. The van der Waals surface area contributed by atoms with Crippen molar-refractivity contribution < 1.29 is 9.59 Å². The van der Waals surface area contributed by atoms with E-state index in [2.05, 4.69) is 36.6 Å². The molecule has 1 aliphatic heterocycles. The van der Waals surface area contributed by atoms with E-state index in [0.29, 0.717) is 46.8 Å². The molecule has 5 rings (SSSR count). The van der Waals surface area contributed by atoms with Gasteiger partial charge in [0.2, 0.25) is 5.91 Å². The maximum Gasteiger partial charge on any atom is 0.256 e. The number of carbonyl (C=O) groups is 2. The van der Waals surface area contributed by atoms with Crippen LogP contribution in [0, 0.1) is 0 Å². The van der Waals surface area contributed by atoms with Crippen LogP contribution in [0.15, 0.2) is 65.8 Å². The first-order valence-electron chi connectivity index (χ1n) is 10.7. The van der Waals surface area contributed by atoms with Crippen LogP contribution in [-0.4, -0.2) is 53.9 Å². The van der Waals surface area contributed by atoms with Gasteiger partial charge in [-0.2, -0.15) is 9.47 Å². The van der Waals surface area contributed by atoms with Crippen LogP contribution in [0.3, 0.4) is 0 Å². The molecule has 1 saturated heterocycles. The van der Waals surface area contributed by atoms with Crippen molar-refractivity contribution in [3.8, 4) is 11.3 Å². The van der Waals surface area contributed by atoms with Crippen LogP contribution >= 0.6 is 11.5 Å². The molecule has 0 bridgehead atoms. The van der Waals surface area contributed by atoms with E-state index in [1.165, 1.54) is 23.9 Å². The van der Waals surface area contributed by atoms with Crippen LogP contribution < -0.4 is 11.2 Å². The number of anilines is 1. The molecule has 3 N–H and O–H groups in total. The summed E-state index contributed by atoms with van der Waals surface area (Å²) in [7, 11) is 0. The summed E-state index contributed by atoms with van der Waals surface area (Å²) in [5.41, 5.74) is 2.36. The number of aromatic nitrogens is 5. The van der Waals surface area contributed by atoms with Gasteiger partial charge in [0.05, 0.1) is 11.4 Å². The average molecular weight is 489 g/mol. The van der Waals surface area contributed by atoms with Crippen LogP contribution in [0.5, 0.6) is 0 Å². The number of fused-ring (bicyclic) bond motifs is 1. The zero-order chi connectivity index (χ0) is 24.4. The molecule has 1 atom stereocenters. The molecule has 3 aromatic heterocycles. The van der Waals surface area contributed by atoms with Crippen LogP contribution in [0.2, 0.25) is 0 Å². The molecule has 176 valence electrons. The fourth-order valence-electron chi connectivity index (χ4n) is 4.06. The lowest BCUT2D eigenvalue weighted by atomic mass is 10.1. The molecular weight excluding hydrogens is 468 g/mol. The van der Waals surface area contributed by atoms with Crippen molar-refractivity contribution in [2.45, 2.75) is 12.5 Å². The molecule has 0 aliphatic carbocycles. The van der Waals surface area contributed by atoms with Gasteiger partial charge in [-0.1, -0.05) is 23.9 Å². The first-order valence-corrected chi connectivity index (χ1v) is 11.4. The molecule has 1 aliphatic rings. The molecule has 2 amide bonds.